The Balaban J connectivity index is 2.20. The third kappa shape index (κ3) is 4.74. The smallest absolute Gasteiger partial charge is 0.337 e. The van der Waals surface area contributed by atoms with Gasteiger partial charge in [-0.2, -0.15) is 0 Å². The van der Waals surface area contributed by atoms with E-state index in [4.69, 9.17) is 12.2 Å². The van der Waals surface area contributed by atoms with E-state index in [1.165, 1.54) is 6.07 Å². The predicted molar refractivity (Wildman–Crippen MR) is 112 cm³/mol. The second kappa shape index (κ2) is 8.37. The summed E-state index contributed by atoms with van der Waals surface area (Å²) in [6.07, 6.45) is 0. The molecule has 0 saturated carbocycles. The first-order valence-electron chi connectivity index (χ1n) is 6.38. The van der Waals surface area contributed by atoms with Gasteiger partial charge >= 0.3 is 5.97 Å². The van der Waals surface area contributed by atoms with Gasteiger partial charge in [0.1, 0.15) is 0 Å². The van der Waals surface area contributed by atoms with Gasteiger partial charge in [0.05, 0.1) is 16.8 Å². The number of rotatable bonds is 3. The van der Waals surface area contributed by atoms with Crippen molar-refractivity contribution in [3.63, 3.8) is 0 Å². The molecule has 0 aliphatic heterocycles. The molecule has 0 unspecified atom stereocenters. The van der Waals surface area contributed by atoms with Gasteiger partial charge in [-0.1, -0.05) is 28.1 Å². The van der Waals surface area contributed by atoms with E-state index < -0.39 is 5.97 Å². The summed E-state index contributed by atoms with van der Waals surface area (Å²) >= 11 is 13.7. The van der Waals surface area contributed by atoms with Crippen LogP contribution >= 0.6 is 66.7 Å². The molecule has 5 nitrogen and oxygen atoms in total. The fraction of sp³-hybridized carbons (Fsp3) is 0. The molecule has 9 heteroatoms. The summed E-state index contributed by atoms with van der Waals surface area (Å²) in [4.78, 5) is 23.6. The van der Waals surface area contributed by atoms with Crippen molar-refractivity contribution in [3.05, 3.63) is 60.0 Å². The third-order valence-electron chi connectivity index (χ3n) is 2.87. The average Bonchev–Trinajstić information content (AvgIpc) is 2.49. The molecule has 0 bridgehead atoms. The van der Waals surface area contributed by atoms with Crippen molar-refractivity contribution in [1.29, 1.82) is 0 Å². The molecule has 0 aliphatic rings. The Morgan fingerprint density at radius 3 is 2.42 bits per heavy atom. The Morgan fingerprint density at radius 2 is 1.79 bits per heavy atom. The first-order valence-corrected chi connectivity index (χ1v) is 9.46. The summed E-state index contributed by atoms with van der Waals surface area (Å²) in [5, 5.41) is 14.6. The summed E-state index contributed by atoms with van der Waals surface area (Å²) in [6.45, 7) is 0. The minimum Gasteiger partial charge on any atom is -0.478 e. The predicted octanol–water partition coefficient (Wildman–Crippen LogP) is 4.64. The third-order valence-corrected chi connectivity index (χ3v) is 5.10. The van der Waals surface area contributed by atoms with Crippen LogP contribution in [0.3, 0.4) is 0 Å². The summed E-state index contributed by atoms with van der Waals surface area (Å²) in [5.74, 6) is -1.49. The summed E-state index contributed by atoms with van der Waals surface area (Å²) in [6, 6.07) is 10.2. The number of hydrogen-bond acceptors (Lipinski definition) is 3. The van der Waals surface area contributed by atoms with E-state index in [0.717, 1.165) is 3.57 Å². The van der Waals surface area contributed by atoms with Crippen molar-refractivity contribution in [1.82, 2.24) is 5.32 Å². The van der Waals surface area contributed by atoms with Crippen LogP contribution < -0.4 is 10.6 Å². The van der Waals surface area contributed by atoms with E-state index >= 15 is 0 Å². The summed E-state index contributed by atoms with van der Waals surface area (Å²) in [7, 11) is 0. The van der Waals surface area contributed by atoms with Crippen LogP contribution in [0.1, 0.15) is 20.7 Å². The highest BCUT2D eigenvalue weighted by Gasteiger charge is 2.17. The minimum atomic E-state index is -1.12. The van der Waals surface area contributed by atoms with Crippen LogP contribution in [0.25, 0.3) is 0 Å². The highest BCUT2D eigenvalue weighted by Crippen LogP contribution is 2.30. The van der Waals surface area contributed by atoms with E-state index in [-0.39, 0.29) is 22.3 Å². The molecule has 24 heavy (non-hydrogen) atoms. The lowest BCUT2D eigenvalue weighted by molar-refractivity contribution is 0.0697. The molecule has 0 saturated heterocycles. The van der Waals surface area contributed by atoms with E-state index in [1.807, 2.05) is 6.07 Å². The Hall–Kier alpha value is -1.04. The Kier molecular flexibility index (Phi) is 6.72. The minimum absolute atomic E-state index is 0.00479. The van der Waals surface area contributed by atoms with E-state index in [1.54, 1.807) is 24.3 Å². The van der Waals surface area contributed by atoms with Gasteiger partial charge < -0.3 is 10.4 Å². The maximum atomic E-state index is 12.2. The van der Waals surface area contributed by atoms with Crippen molar-refractivity contribution in [2.24, 2.45) is 0 Å². The number of aromatic carboxylic acids is 1. The second-order valence-corrected chi connectivity index (χ2v) is 7.84. The molecule has 2 aromatic rings. The lowest BCUT2D eigenvalue weighted by Gasteiger charge is -2.14. The zero-order valence-corrected chi connectivity index (χ0v) is 17.9. The molecule has 3 N–H and O–H groups in total. The molecule has 124 valence electrons. The quantitative estimate of drug-likeness (QED) is 0.363. The maximum absolute atomic E-state index is 12.2. The molecule has 0 aliphatic carbocycles. The van der Waals surface area contributed by atoms with E-state index in [0.29, 0.717) is 14.5 Å². The number of halogens is 3. The normalized spacial score (nSPS) is 10.1. The largest absolute Gasteiger partial charge is 0.478 e. The lowest BCUT2D eigenvalue weighted by atomic mass is 10.2. The first-order chi connectivity index (χ1) is 11.3. The second-order valence-electron chi connectivity index (χ2n) is 4.50. The number of benzene rings is 2. The van der Waals surface area contributed by atoms with Gasteiger partial charge in [-0.3, -0.25) is 10.1 Å². The average molecular weight is 584 g/mol. The van der Waals surface area contributed by atoms with Gasteiger partial charge in [0.2, 0.25) is 0 Å². The first kappa shape index (κ1) is 19.3. The van der Waals surface area contributed by atoms with Gasteiger partial charge in [0, 0.05) is 12.5 Å². The number of hydrogen-bond donors (Lipinski definition) is 3. The molecular formula is C15H9Br2IN2O3S. The monoisotopic (exact) mass is 582 g/mol. The van der Waals surface area contributed by atoms with E-state index in [2.05, 4.69) is 65.1 Å². The van der Waals surface area contributed by atoms with Crippen LogP contribution in [-0.4, -0.2) is 22.1 Å². The Morgan fingerprint density at radius 1 is 1.12 bits per heavy atom. The fourth-order valence-electron chi connectivity index (χ4n) is 1.83. The molecule has 1 amide bonds. The van der Waals surface area contributed by atoms with Crippen LogP contribution in [0.4, 0.5) is 5.69 Å². The van der Waals surface area contributed by atoms with Crippen molar-refractivity contribution in [2.75, 3.05) is 5.32 Å². The summed E-state index contributed by atoms with van der Waals surface area (Å²) in [5.41, 5.74) is 0.761. The van der Waals surface area contributed by atoms with Crippen LogP contribution in [-0.2, 0) is 0 Å². The Labute approximate surface area is 173 Å². The molecular weight excluding hydrogens is 575 g/mol. The number of thiocarbonyl (C=S) groups is 1. The number of anilines is 1. The van der Waals surface area contributed by atoms with Gasteiger partial charge in [-0.05, 0) is 75.0 Å². The van der Waals surface area contributed by atoms with Crippen molar-refractivity contribution < 1.29 is 14.7 Å². The molecule has 2 rings (SSSR count). The summed E-state index contributed by atoms with van der Waals surface area (Å²) < 4.78 is 1.89. The Bertz CT molecular complexity index is 845. The van der Waals surface area contributed by atoms with Crippen LogP contribution in [0, 0.1) is 3.57 Å². The van der Waals surface area contributed by atoms with Gasteiger partial charge in [-0.15, -0.1) is 0 Å². The number of carboxylic acid groups (broad SMARTS) is 1. The van der Waals surface area contributed by atoms with Crippen LogP contribution in [0.2, 0.25) is 0 Å². The molecule has 0 spiro atoms. The molecule has 0 fully saturated rings. The molecule has 0 heterocycles. The number of carboxylic acids is 1. The standard InChI is InChI=1S/C15H9Br2IN2O3S/c16-7-5-9(14(22)23)12(10(17)6-7)19-15(24)20-13(21)8-3-1-2-4-11(8)18/h1-6H,(H,22,23)(H2,19,20,21,24). The van der Waals surface area contributed by atoms with Crippen molar-refractivity contribution in [3.8, 4) is 0 Å². The number of amides is 1. The SMILES string of the molecule is O=C(NC(=S)Nc1c(Br)cc(Br)cc1C(=O)O)c1ccccc1I. The molecule has 2 aromatic carbocycles. The topological polar surface area (TPSA) is 78.4 Å². The van der Waals surface area contributed by atoms with Crippen LogP contribution in [0.5, 0.6) is 0 Å². The number of carbonyl (C=O) groups is 2. The van der Waals surface area contributed by atoms with Crippen LogP contribution in [0.15, 0.2) is 45.3 Å². The van der Waals surface area contributed by atoms with Gasteiger partial charge in [-0.25, -0.2) is 4.79 Å². The fourth-order valence-corrected chi connectivity index (χ4v) is 3.98. The maximum Gasteiger partial charge on any atom is 0.337 e. The number of nitrogens with one attached hydrogen (secondary N) is 2. The van der Waals surface area contributed by atoms with E-state index in [9.17, 15) is 14.7 Å². The van der Waals surface area contributed by atoms with Gasteiger partial charge in [0.25, 0.3) is 5.91 Å². The molecule has 0 atom stereocenters. The highest BCUT2D eigenvalue weighted by atomic mass is 127. The lowest BCUT2D eigenvalue weighted by Crippen LogP contribution is -2.35. The molecule has 0 radical (unpaired) electrons. The zero-order valence-electron chi connectivity index (χ0n) is 11.8. The zero-order chi connectivity index (χ0) is 17.9. The number of carbonyl (C=O) groups excluding carboxylic acids is 1. The van der Waals surface area contributed by atoms with Crippen molar-refractivity contribution >= 4 is 89.3 Å². The van der Waals surface area contributed by atoms with Gasteiger partial charge in [0.15, 0.2) is 5.11 Å². The van der Waals surface area contributed by atoms with Crippen molar-refractivity contribution in [2.45, 2.75) is 0 Å². The molecule has 0 aromatic heterocycles. The highest BCUT2D eigenvalue weighted by molar-refractivity contribution is 14.1.